The molecule has 0 saturated carbocycles. The molecule has 0 saturated heterocycles. The van der Waals surface area contributed by atoms with Crippen LogP contribution in [-0.4, -0.2) is 17.1 Å². The highest BCUT2D eigenvalue weighted by molar-refractivity contribution is 5.43. The monoisotopic (exact) mass is 270 g/mol. The fourth-order valence-corrected chi connectivity index (χ4v) is 2.15. The molecule has 0 unspecified atom stereocenters. The van der Waals surface area contributed by atoms with Crippen LogP contribution in [0.3, 0.4) is 0 Å². The predicted molar refractivity (Wildman–Crippen MR) is 82.8 cm³/mol. The van der Waals surface area contributed by atoms with Crippen molar-refractivity contribution in [2.75, 3.05) is 11.9 Å². The van der Waals surface area contributed by atoms with Gasteiger partial charge in [0.25, 0.3) is 0 Å². The molecule has 0 aliphatic heterocycles. The van der Waals surface area contributed by atoms with Crippen molar-refractivity contribution in [2.45, 2.75) is 33.4 Å². The van der Waals surface area contributed by atoms with E-state index in [1.807, 2.05) is 19.2 Å². The van der Waals surface area contributed by atoms with Crippen LogP contribution in [-0.2, 0) is 19.6 Å². The van der Waals surface area contributed by atoms with Gasteiger partial charge < -0.3 is 10.0 Å². The van der Waals surface area contributed by atoms with E-state index in [0.29, 0.717) is 0 Å². The topological polar surface area (TPSA) is 36.4 Å². The Bertz CT molecular complexity index is 541. The summed E-state index contributed by atoms with van der Waals surface area (Å²) in [5.41, 5.74) is 4.46. The van der Waals surface area contributed by atoms with E-state index in [0.717, 1.165) is 30.0 Å². The molecule has 2 rings (SSSR count). The van der Waals surface area contributed by atoms with Gasteiger partial charge in [0, 0.05) is 19.3 Å². The van der Waals surface area contributed by atoms with Crippen molar-refractivity contribution in [2.24, 2.45) is 0 Å². The fraction of sp³-hybridized carbons (Fsp3) is 0.353. The first-order valence-electron chi connectivity index (χ1n) is 6.99. The molecule has 0 bridgehead atoms. The van der Waals surface area contributed by atoms with Gasteiger partial charge >= 0.3 is 0 Å². The molecule has 0 aliphatic carbocycles. The van der Waals surface area contributed by atoms with Crippen LogP contribution in [0.4, 0.5) is 5.82 Å². The Morgan fingerprint density at radius 2 is 1.80 bits per heavy atom. The Kier molecular flexibility index (Phi) is 4.74. The second kappa shape index (κ2) is 6.53. The molecule has 0 atom stereocenters. The van der Waals surface area contributed by atoms with Crippen LogP contribution in [0.2, 0.25) is 0 Å². The van der Waals surface area contributed by atoms with E-state index >= 15 is 0 Å². The zero-order valence-electron chi connectivity index (χ0n) is 12.4. The van der Waals surface area contributed by atoms with E-state index < -0.39 is 0 Å². The molecule has 1 aromatic carbocycles. The number of benzene rings is 1. The second-order valence-corrected chi connectivity index (χ2v) is 5.18. The predicted octanol–water partition coefficient (Wildman–Crippen LogP) is 3.08. The van der Waals surface area contributed by atoms with E-state index in [-0.39, 0.29) is 6.61 Å². The van der Waals surface area contributed by atoms with Crippen LogP contribution in [0.15, 0.2) is 36.4 Å². The first-order valence-corrected chi connectivity index (χ1v) is 6.99. The summed E-state index contributed by atoms with van der Waals surface area (Å²) in [6.07, 6.45) is 0.874. The van der Waals surface area contributed by atoms with Crippen molar-refractivity contribution in [1.82, 2.24) is 4.98 Å². The van der Waals surface area contributed by atoms with E-state index in [9.17, 15) is 5.11 Å². The SMILES string of the molecule is CCc1cc(CO)cc(N(C)Cc2ccc(C)cc2)n1. The molecule has 0 amide bonds. The van der Waals surface area contributed by atoms with Gasteiger partial charge in [-0.3, -0.25) is 0 Å². The third-order valence-electron chi connectivity index (χ3n) is 3.40. The Morgan fingerprint density at radius 1 is 1.10 bits per heavy atom. The molecule has 0 spiro atoms. The number of hydrogen-bond donors (Lipinski definition) is 1. The highest BCUT2D eigenvalue weighted by Gasteiger charge is 2.07. The average Bonchev–Trinajstić information content (AvgIpc) is 2.48. The number of pyridine rings is 1. The number of aryl methyl sites for hydroxylation is 2. The zero-order chi connectivity index (χ0) is 14.5. The molecule has 2 aromatic rings. The average molecular weight is 270 g/mol. The van der Waals surface area contributed by atoms with E-state index in [1.54, 1.807) is 0 Å². The minimum Gasteiger partial charge on any atom is -0.392 e. The van der Waals surface area contributed by atoms with Crippen molar-refractivity contribution in [3.05, 3.63) is 58.8 Å². The van der Waals surface area contributed by atoms with Crippen molar-refractivity contribution in [3.63, 3.8) is 0 Å². The van der Waals surface area contributed by atoms with Gasteiger partial charge in [-0.25, -0.2) is 4.98 Å². The molecule has 1 aromatic heterocycles. The van der Waals surface area contributed by atoms with Gasteiger partial charge in [-0.1, -0.05) is 36.8 Å². The van der Waals surface area contributed by atoms with Gasteiger partial charge in [-0.15, -0.1) is 0 Å². The lowest BCUT2D eigenvalue weighted by Gasteiger charge is -2.20. The molecular formula is C17H22N2O. The lowest BCUT2D eigenvalue weighted by molar-refractivity contribution is 0.281. The largest absolute Gasteiger partial charge is 0.392 e. The van der Waals surface area contributed by atoms with Crippen molar-refractivity contribution < 1.29 is 5.11 Å². The highest BCUT2D eigenvalue weighted by Crippen LogP contribution is 2.17. The molecule has 20 heavy (non-hydrogen) atoms. The minimum absolute atomic E-state index is 0.0564. The number of aliphatic hydroxyl groups excluding tert-OH is 1. The quantitative estimate of drug-likeness (QED) is 0.907. The number of aromatic nitrogens is 1. The molecule has 0 radical (unpaired) electrons. The van der Waals surface area contributed by atoms with Crippen molar-refractivity contribution >= 4 is 5.82 Å². The number of nitrogens with zero attached hydrogens (tertiary/aromatic N) is 2. The maximum absolute atomic E-state index is 9.34. The zero-order valence-corrected chi connectivity index (χ0v) is 12.4. The summed E-state index contributed by atoms with van der Waals surface area (Å²) in [6.45, 7) is 5.03. The normalized spacial score (nSPS) is 10.6. The summed E-state index contributed by atoms with van der Waals surface area (Å²) in [5, 5.41) is 9.34. The van der Waals surface area contributed by atoms with Gasteiger partial charge in [0.05, 0.1) is 6.61 Å². The van der Waals surface area contributed by atoms with Crippen molar-refractivity contribution in [1.29, 1.82) is 0 Å². The smallest absolute Gasteiger partial charge is 0.129 e. The molecule has 1 N–H and O–H groups in total. The number of aliphatic hydroxyl groups is 1. The van der Waals surface area contributed by atoms with Crippen LogP contribution < -0.4 is 4.90 Å². The van der Waals surface area contributed by atoms with Gasteiger partial charge in [0.15, 0.2) is 0 Å². The molecule has 1 heterocycles. The molecule has 3 heteroatoms. The van der Waals surface area contributed by atoms with E-state index in [2.05, 4.69) is 48.0 Å². The summed E-state index contributed by atoms with van der Waals surface area (Å²) >= 11 is 0. The number of rotatable bonds is 5. The lowest BCUT2D eigenvalue weighted by atomic mass is 10.1. The van der Waals surface area contributed by atoms with Gasteiger partial charge in [0.1, 0.15) is 5.82 Å². The first kappa shape index (κ1) is 14.5. The standard InChI is InChI=1S/C17H22N2O/c1-4-16-9-15(12-20)10-17(18-16)19(3)11-14-7-5-13(2)6-8-14/h5-10,20H,4,11-12H2,1-3H3. The van der Waals surface area contributed by atoms with Crippen LogP contribution in [0.25, 0.3) is 0 Å². The van der Waals surface area contributed by atoms with Gasteiger partial charge in [0.2, 0.25) is 0 Å². The van der Waals surface area contributed by atoms with Gasteiger partial charge in [-0.2, -0.15) is 0 Å². The Balaban J connectivity index is 2.19. The highest BCUT2D eigenvalue weighted by atomic mass is 16.3. The molecule has 0 fully saturated rings. The Morgan fingerprint density at radius 3 is 2.40 bits per heavy atom. The molecule has 0 aliphatic rings. The minimum atomic E-state index is 0.0564. The Hall–Kier alpha value is -1.87. The third kappa shape index (κ3) is 3.58. The summed E-state index contributed by atoms with van der Waals surface area (Å²) in [7, 11) is 2.03. The molecule has 3 nitrogen and oxygen atoms in total. The summed E-state index contributed by atoms with van der Waals surface area (Å²) in [5.74, 6) is 0.911. The van der Waals surface area contributed by atoms with Crippen molar-refractivity contribution in [3.8, 4) is 0 Å². The number of anilines is 1. The lowest BCUT2D eigenvalue weighted by Crippen LogP contribution is -2.18. The molecular weight excluding hydrogens is 248 g/mol. The van der Waals surface area contributed by atoms with E-state index in [1.165, 1.54) is 11.1 Å². The van der Waals surface area contributed by atoms with Gasteiger partial charge in [-0.05, 0) is 36.6 Å². The van der Waals surface area contributed by atoms with Crippen LogP contribution in [0.1, 0.15) is 29.3 Å². The fourth-order valence-electron chi connectivity index (χ4n) is 2.15. The summed E-state index contributed by atoms with van der Waals surface area (Å²) < 4.78 is 0. The maximum atomic E-state index is 9.34. The van der Waals surface area contributed by atoms with E-state index in [4.69, 9.17) is 0 Å². The van der Waals surface area contributed by atoms with Crippen LogP contribution >= 0.6 is 0 Å². The Labute approximate surface area is 120 Å². The summed E-state index contributed by atoms with van der Waals surface area (Å²) in [6, 6.07) is 12.4. The molecule has 106 valence electrons. The van der Waals surface area contributed by atoms with Crippen LogP contribution in [0.5, 0.6) is 0 Å². The number of hydrogen-bond acceptors (Lipinski definition) is 3. The maximum Gasteiger partial charge on any atom is 0.129 e. The first-order chi connectivity index (χ1) is 9.62. The van der Waals surface area contributed by atoms with Crippen LogP contribution in [0, 0.1) is 6.92 Å². The third-order valence-corrected chi connectivity index (χ3v) is 3.40. The summed E-state index contributed by atoms with van der Waals surface area (Å²) in [4.78, 5) is 6.74. The second-order valence-electron chi connectivity index (χ2n) is 5.18.